The lowest BCUT2D eigenvalue weighted by molar-refractivity contribution is -0.135. The number of aliphatic hydroxyl groups excluding tert-OH is 1. The zero-order valence-corrected chi connectivity index (χ0v) is 19.6. The second-order valence-corrected chi connectivity index (χ2v) is 9.14. The third-order valence-electron chi connectivity index (χ3n) is 6.72. The van der Waals surface area contributed by atoms with Crippen LogP contribution < -0.4 is 15.6 Å². The number of hydrogen-bond donors (Lipinski definition) is 2. The number of rotatable bonds is 11. The molecule has 0 unspecified atom stereocenters. The first-order valence-electron chi connectivity index (χ1n) is 12.4. The Morgan fingerprint density at radius 3 is 2.74 bits per heavy atom. The molecule has 1 aromatic heterocycles. The predicted octanol–water partition coefficient (Wildman–Crippen LogP) is 2.83. The first kappa shape index (κ1) is 24.2. The first-order chi connectivity index (χ1) is 16.6. The Morgan fingerprint density at radius 1 is 1.15 bits per heavy atom. The molecule has 2 aromatic rings. The maximum Gasteiger partial charge on any atom is 0.263 e. The number of carbonyl (C=O) groups is 2. The van der Waals surface area contributed by atoms with Gasteiger partial charge in [-0.2, -0.15) is 0 Å². The molecular formula is C25H34N4O5. The third-order valence-corrected chi connectivity index (χ3v) is 6.72. The van der Waals surface area contributed by atoms with Gasteiger partial charge in [-0.3, -0.25) is 24.3 Å². The van der Waals surface area contributed by atoms with E-state index in [0.29, 0.717) is 42.3 Å². The molecule has 2 amide bonds. The van der Waals surface area contributed by atoms with Crippen LogP contribution in [-0.2, 0) is 16.1 Å². The highest BCUT2D eigenvalue weighted by Crippen LogP contribution is 2.25. The molecule has 0 radical (unpaired) electrons. The lowest BCUT2D eigenvalue weighted by Gasteiger charge is -2.34. The molecule has 2 aliphatic rings. The largest absolute Gasteiger partial charge is 0.491 e. The molecule has 4 rings (SSSR count). The fourth-order valence-electron chi connectivity index (χ4n) is 4.95. The molecule has 9 nitrogen and oxygen atoms in total. The van der Waals surface area contributed by atoms with Gasteiger partial charge < -0.3 is 14.7 Å². The van der Waals surface area contributed by atoms with Crippen molar-refractivity contribution in [1.29, 1.82) is 0 Å². The lowest BCUT2D eigenvalue weighted by Crippen LogP contribution is -2.43. The smallest absolute Gasteiger partial charge is 0.263 e. The molecule has 9 heteroatoms. The number of nitrogens with one attached hydrogen (secondary N) is 1. The van der Waals surface area contributed by atoms with E-state index in [0.717, 1.165) is 51.4 Å². The van der Waals surface area contributed by atoms with Crippen LogP contribution in [-0.4, -0.2) is 57.2 Å². The Hall–Kier alpha value is -2.94. The van der Waals surface area contributed by atoms with Gasteiger partial charge >= 0.3 is 0 Å². The Labute approximate surface area is 199 Å². The highest BCUT2D eigenvalue weighted by atomic mass is 16.5. The molecule has 0 bridgehead atoms. The van der Waals surface area contributed by atoms with Gasteiger partial charge in [0.1, 0.15) is 17.8 Å². The van der Waals surface area contributed by atoms with Crippen molar-refractivity contribution < 1.29 is 19.4 Å². The van der Waals surface area contributed by atoms with E-state index in [4.69, 9.17) is 4.74 Å². The molecule has 0 saturated heterocycles. The number of benzene rings is 1. The van der Waals surface area contributed by atoms with Crippen LogP contribution in [0.1, 0.15) is 64.2 Å². The number of hydrogen-bond acceptors (Lipinski definition) is 6. The molecule has 0 spiro atoms. The molecule has 1 aliphatic carbocycles. The van der Waals surface area contributed by atoms with E-state index in [1.54, 1.807) is 18.2 Å². The van der Waals surface area contributed by atoms with Crippen LogP contribution in [0.5, 0.6) is 5.75 Å². The normalized spacial score (nSPS) is 15.9. The number of para-hydroxylation sites is 1. The van der Waals surface area contributed by atoms with Crippen molar-refractivity contribution in [1.82, 2.24) is 14.5 Å². The van der Waals surface area contributed by atoms with Crippen molar-refractivity contribution >= 4 is 28.7 Å². The van der Waals surface area contributed by atoms with Gasteiger partial charge in [0.05, 0.1) is 18.6 Å². The third kappa shape index (κ3) is 5.58. The van der Waals surface area contributed by atoms with Gasteiger partial charge in [-0.25, -0.2) is 4.98 Å². The SMILES string of the molecule is O=C1Cn2c(nc3c(OCCCCCCC(=O)N(CCO)C4CCCCC4)cccc3c2=O)N1. The summed E-state index contributed by atoms with van der Waals surface area (Å²) in [4.78, 5) is 43.3. The quantitative estimate of drug-likeness (QED) is 0.488. The van der Waals surface area contributed by atoms with Crippen molar-refractivity contribution in [2.75, 3.05) is 25.1 Å². The standard InChI is InChI=1S/C25H34N4O5/c30-15-14-28(18-9-4-3-5-10-18)22(32)13-6-1-2-7-16-34-20-12-8-11-19-23(20)27-25-26-21(31)17-29(25)24(19)33/h8,11-12,18,30H,1-7,9-10,13-17H2,(H,26,27,31). The molecule has 1 fully saturated rings. The number of anilines is 1. The average Bonchev–Trinajstić information content (AvgIpc) is 3.23. The molecular weight excluding hydrogens is 436 g/mol. The zero-order chi connectivity index (χ0) is 23.9. The van der Waals surface area contributed by atoms with Crippen molar-refractivity contribution in [3.8, 4) is 5.75 Å². The van der Waals surface area contributed by atoms with E-state index < -0.39 is 0 Å². The van der Waals surface area contributed by atoms with E-state index >= 15 is 0 Å². The number of ether oxygens (including phenoxy) is 1. The van der Waals surface area contributed by atoms with Gasteiger partial charge in [0.2, 0.25) is 17.8 Å². The summed E-state index contributed by atoms with van der Waals surface area (Å²) in [6.45, 7) is 0.929. The predicted molar refractivity (Wildman–Crippen MR) is 129 cm³/mol. The molecule has 184 valence electrons. The van der Waals surface area contributed by atoms with Crippen molar-refractivity contribution in [2.24, 2.45) is 0 Å². The molecule has 1 aromatic carbocycles. The molecule has 1 aliphatic heterocycles. The Kier molecular flexibility index (Phi) is 8.16. The van der Waals surface area contributed by atoms with Crippen LogP contribution in [0.15, 0.2) is 23.0 Å². The summed E-state index contributed by atoms with van der Waals surface area (Å²) >= 11 is 0. The molecule has 0 atom stereocenters. The first-order valence-corrected chi connectivity index (χ1v) is 12.4. The Balaban J connectivity index is 1.22. The molecule has 1 saturated carbocycles. The van der Waals surface area contributed by atoms with Gasteiger partial charge in [0.15, 0.2) is 0 Å². The van der Waals surface area contributed by atoms with Crippen LogP contribution in [0.25, 0.3) is 10.9 Å². The van der Waals surface area contributed by atoms with E-state index in [9.17, 15) is 19.5 Å². The average molecular weight is 471 g/mol. The number of unbranched alkanes of at least 4 members (excludes halogenated alkanes) is 3. The maximum atomic E-state index is 12.7. The fourth-order valence-corrected chi connectivity index (χ4v) is 4.95. The van der Waals surface area contributed by atoms with E-state index in [1.807, 2.05) is 4.90 Å². The topological polar surface area (TPSA) is 114 Å². The monoisotopic (exact) mass is 470 g/mol. The number of amides is 2. The highest BCUT2D eigenvalue weighted by molar-refractivity contribution is 5.95. The summed E-state index contributed by atoms with van der Waals surface area (Å²) in [6, 6.07) is 5.52. The summed E-state index contributed by atoms with van der Waals surface area (Å²) in [6.07, 6.45) is 9.71. The summed E-state index contributed by atoms with van der Waals surface area (Å²) < 4.78 is 7.25. The fraction of sp³-hybridized carbons (Fsp3) is 0.600. The molecule has 2 N–H and O–H groups in total. The summed E-state index contributed by atoms with van der Waals surface area (Å²) in [5.74, 6) is 0.692. The van der Waals surface area contributed by atoms with E-state index in [1.165, 1.54) is 11.0 Å². The van der Waals surface area contributed by atoms with Gasteiger partial charge in [-0.05, 0) is 37.8 Å². The van der Waals surface area contributed by atoms with Crippen LogP contribution in [0.2, 0.25) is 0 Å². The number of aromatic nitrogens is 2. The van der Waals surface area contributed by atoms with Crippen molar-refractivity contribution in [3.05, 3.63) is 28.6 Å². The summed E-state index contributed by atoms with van der Waals surface area (Å²) in [5, 5.41) is 12.4. The van der Waals surface area contributed by atoms with Gasteiger partial charge in [0.25, 0.3) is 5.56 Å². The Bertz CT molecular complexity index is 1080. The molecule has 34 heavy (non-hydrogen) atoms. The van der Waals surface area contributed by atoms with Crippen molar-refractivity contribution in [2.45, 2.75) is 76.8 Å². The van der Waals surface area contributed by atoms with Gasteiger partial charge in [-0.15, -0.1) is 0 Å². The molecule has 2 heterocycles. The maximum absolute atomic E-state index is 12.7. The minimum atomic E-state index is -0.253. The lowest BCUT2D eigenvalue weighted by atomic mass is 9.94. The number of carbonyl (C=O) groups excluding carboxylic acids is 2. The van der Waals surface area contributed by atoms with Gasteiger partial charge in [-0.1, -0.05) is 38.2 Å². The van der Waals surface area contributed by atoms with Crippen LogP contribution in [0.4, 0.5) is 5.95 Å². The highest BCUT2D eigenvalue weighted by Gasteiger charge is 2.25. The minimum absolute atomic E-state index is 0.0108. The number of nitrogens with zero attached hydrogens (tertiary/aromatic N) is 3. The van der Waals surface area contributed by atoms with E-state index in [2.05, 4.69) is 10.3 Å². The van der Waals surface area contributed by atoms with Gasteiger partial charge in [0, 0.05) is 19.0 Å². The summed E-state index contributed by atoms with van der Waals surface area (Å²) in [5.41, 5.74) is 0.204. The Morgan fingerprint density at radius 2 is 1.94 bits per heavy atom. The van der Waals surface area contributed by atoms with Crippen LogP contribution in [0, 0.1) is 0 Å². The van der Waals surface area contributed by atoms with Crippen LogP contribution in [0.3, 0.4) is 0 Å². The second kappa shape index (κ2) is 11.5. The zero-order valence-electron chi connectivity index (χ0n) is 19.6. The number of aliphatic hydroxyl groups is 1. The van der Waals surface area contributed by atoms with E-state index in [-0.39, 0.29) is 36.5 Å². The second-order valence-electron chi connectivity index (χ2n) is 9.14. The van der Waals surface area contributed by atoms with Crippen molar-refractivity contribution in [3.63, 3.8) is 0 Å². The minimum Gasteiger partial charge on any atom is -0.491 e. The number of fused-ring (bicyclic) bond motifs is 2. The summed E-state index contributed by atoms with van der Waals surface area (Å²) in [7, 11) is 0. The van der Waals surface area contributed by atoms with Crippen LogP contribution >= 0.6 is 0 Å².